The predicted molar refractivity (Wildman–Crippen MR) is 118 cm³/mol. The highest BCUT2D eigenvalue weighted by Crippen LogP contribution is 2.39. The number of benzene rings is 1. The number of carbonyl (C=O) groups excluding carboxylic acids is 1. The van der Waals surface area contributed by atoms with Crippen molar-refractivity contribution in [3.63, 3.8) is 0 Å². The molecule has 1 aliphatic heterocycles. The van der Waals surface area contributed by atoms with Crippen molar-refractivity contribution in [1.29, 1.82) is 0 Å². The molecule has 7 nitrogen and oxygen atoms in total. The van der Waals surface area contributed by atoms with Gasteiger partial charge < -0.3 is 15.6 Å². The van der Waals surface area contributed by atoms with Gasteiger partial charge in [0, 0.05) is 41.0 Å². The minimum absolute atomic E-state index is 0.0900. The maximum Gasteiger partial charge on any atom is 0.243 e. The van der Waals surface area contributed by atoms with E-state index < -0.39 is 0 Å². The van der Waals surface area contributed by atoms with Crippen LogP contribution in [0.25, 0.3) is 33.1 Å². The molecule has 0 radical (unpaired) electrons. The Hall–Kier alpha value is -3.74. The summed E-state index contributed by atoms with van der Waals surface area (Å²) in [5, 5.41) is 4.98. The standard InChI is InChI=1S/C23H22N6O/c1-2-19(30)28-16-7-8-18-20(15-11-14-5-3-4-6-17(14)25-12-15)21-22(24)26-13-27-23(21)29(18)10-9-16/h2-6,11-13,16H,1,7-10H2,(H,28,30)(H2,24,26,27). The number of pyridine rings is 1. The normalized spacial score (nSPS) is 16.2. The molecule has 30 heavy (non-hydrogen) atoms. The van der Waals surface area contributed by atoms with E-state index in [0.29, 0.717) is 5.82 Å². The topological polar surface area (TPSA) is 98.7 Å². The highest BCUT2D eigenvalue weighted by molar-refractivity contribution is 6.03. The molecule has 3 N–H and O–H groups in total. The van der Waals surface area contributed by atoms with Gasteiger partial charge in [0.15, 0.2) is 0 Å². The second kappa shape index (κ2) is 7.26. The number of hydrogen-bond donors (Lipinski definition) is 2. The zero-order chi connectivity index (χ0) is 20.7. The van der Waals surface area contributed by atoms with Gasteiger partial charge in [0.25, 0.3) is 0 Å². The van der Waals surface area contributed by atoms with E-state index in [9.17, 15) is 4.79 Å². The minimum Gasteiger partial charge on any atom is -0.383 e. The van der Waals surface area contributed by atoms with Crippen molar-refractivity contribution < 1.29 is 4.79 Å². The van der Waals surface area contributed by atoms with Crippen LogP contribution in [-0.4, -0.2) is 31.5 Å². The van der Waals surface area contributed by atoms with Crippen LogP contribution in [0.5, 0.6) is 0 Å². The number of aromatic nitrogens is 4. The van der Waals surface area contributed by atoms with Crippen LogP contribution < -0.4 is 11.1 Å². The summed E-state index contributed by atoms with van der Waals surface area (Å²) in [5.74, 6) is 0.335. The number of hydrogen-bond acceptors (Lipinski definition) is 5. The summed E-state index contributed by atoms with van der Waals surface area (Å²) in [6.45, 7) is 4.29. The molecule has 0 saturated carbocycles. The van der Waals surface area contributed by atoms with Crippen LogP contribution in [0.4, 0.5) is 5.82 Å². The molecule has 0 spiro atoms. The predicted octanol–water partition coefficient (Wildman–Crippen LogP) is 3.24. The number of rotatable bonds is 3. The molecule has 150 valence electrons. The lowest BCUT2D eigenvalue weighted by Crippen LogP contribution is -2.33. The van der Waals surface area contributed by atoms with Gasteiger partial charge in [0.05, 0.1) is 10.9 Å². The van der Waals surface area contributed by atoms with Crippen LogP contribution in [0.3, 0.4) is 0 Å². The second-order valence-corrected chi connectivity index (χ2v) is 7.58. The highest BCUT2D eigenvalue weighted by atomic mass is 16.1. The first-order chi connectivity index (χ1) is 14.7. The fourth-order valence-corrected chi connectivity index (χ4v) is 4.41. The van der Waals surface area contributed by atoms with Gasteiger partial charge in [-0.05, 0) is 37.5 Å². The lowest BCUT2D eigenvalue weighted by Gasteiger charge is -2.14. The largest absolute Gasteiger partial charge is 0.383 e. The van der Waals surface area contributed by atoms with Crippen molar-refractivity contribution in [2.24, 2.45) is 0 Å². The summed E-state index contributed by atoms with van der Waals surface area (Å²) < 4.78 is 2.22. The maximum absolute atomic E-state index is 11.8. The average molecular weight is 398 g/mol. The van der Waals surface area contributed by atoms with Crippen molar-refractivity contribution in [3.05, 3.63) is 61.2 Å². The van der Waals surface area contributed by atoms with Crippen molar-refractivity contribution in [2.75, 3.05) is 5.73 Å². The van der Waals surface area contributed by atoms with E-state index in [1.807, 2.05) is 24.4 Å². The maximum atomic E-state index is 11.8. The van der Waals surface area contributed by atoms with Crippen LogP contribution in [0, 0.1) is 0 Å². The smallest absolute Gasteiger partial charge is 0.243 e. The first kappa shape index (κ1) is 18.3. The third-order valence-electron chi connectivity index (χ3n) is 5.82. The SMILES string of the molecule is C=CC(=O)NC1CCc2c(-c3cnc4ccccc4c3)c3c(N)ncnc3n2CC1. The Kier molecular flexibility index (Phi) is 4.43. The quantitative estimate of drug-likeness (QED) is 0.516. The third kappa shape index (κ3) is 2.99. The number of fused-ring (bicyclic) bond motifs is 4. The summed E-state index contributed by atoms with van der Waals surface area (Å²) >= 11 is 0. The Morgan fingerprint density at radius 1 is 1.23 bits per heavy atom. The van der Waals surface area contributed by atoms with Crippen LogP contribution in [0.15, 0.2) is 55.5 Å². The molecule has 7 heteroatoms. The van der Waals surface area contributed by atoms with E-state index >= 15 is 0 Å². The molecular weight excluding hydrogens is 376 g/mol. The van der Waals surface area contributed by atoms with Gasteiger partial charge in [-0.25, -0.2) is 9.97 Å². The molecular formula is C23H22N6O. The second-order valence-electron chi connectivity index (χ2n) is 7.58. The fraction of sp³-hybridized carbons (Fsp3) is 0.217. The van der Waals surface area contributed by atoms with E-state index in [-0.39, 0.29) is 11.9 Å². The van der Waals surface area contributed by atoms with Gasteiger partial charge >= 0.3 is 0 Å². The third-order valence-corrected chi connectivity index (χ3v) is 5.82. The van der Waals surface area contributed by atoms with Gasteiger partial charge in [-0.1, -0.05) is 24.8 Å². The molecule has 1 aliphatic rings. The number of nitrogens with one attached hydrogen (secondary N) is 1. The summed E-state index contributed by atoms with van der Waals surface area (Å²) in [5.41, 5.74) is 11.3. The molecule has 1 atom stereocenters. The summed E-state index contributed by atoms with van der Waals surface area (Å²) in [6.07, 6.45) is 7.16. The van der Waals surface area contributed by atoms with E-state index in [4.69, 9.17) is 5.73 Å². The lowest BCUT2D eigenvalue weighted by atomic mass is 9.99. The Morgan fingerprint density at radius 3 is 2.97 bits per heavy atom. The minimum atomic E-state index is -0.137. The molecule has 0 bridgehead atoms. The Balaban J connectivity index is 1.67. The zero-order valence-electron chi connectivity index (χ0n) is 16.5. The highest BCUT2D eigenvalue weighted by Gasteiger charge is 2.26. The molecule has 1 unspecified atom stereocenters. The zero-order valence-corrected chi connectivity index (χ0v) is 16.5. The van der Waals surface area contributed by atoms with E-state index in [1.165, 1.54) is 12.4 Å². The first-order valence-corrected chi connectivity index (χ1v) is 10.1. The number of nitrogens with zero attached hydrogens (tertiary/aromatic N) is 4. The van der Waals surface area contributed by atoms with Crippen LogP contribution >= 0.6 is 0 Å². The number of aryl methyl sites for hydroxylation is 1. The molecule has 0 saturated heterocycles. The lowest BCUT2D eigenvalue weighted by molar-refractivity contribution is -0.117. The summed E-state index contributed by atoms with van der Waals surface area (Å²) in [6, 6.07) is 10.3. The van der Waals surface area contributed by atoms with Crippen LogP contribution in [0.2, 0.25) is 0 Å². The number of para-hydroxylation sites is 1. The molecule has 5 rings (SSSR count). The average Bonchev–Trinajstić information content (AvgIpc) is 2.95. The molecule has 0 aliphatic carbocycles. The number of nitrogen functional groups attached to an aromatic ring is 1. The van der Waals surface area contributed by atoms with Gasteiger partial charge in [0.1, 0.15) is 17.8 Å². The molecule has 1 aromatic carbocycles. The molecule has 4 aromatic rings. The summed E-state index contributed by atoms with van der Waals surface area (Å²) in [7, 11) is 0. The Labute approximate surface area is 173 Å². The monoisotopic (exact) mass is 398 g/mol. The van der Waals surface area contributed by atoms with Gasteiger partial charge in [-0.2, -0.15) is 0 Å². The van der Waals surface area contributed by atoms with Crippen molar-refractivity contribution in [1.82, 2.24) is 24.8 Å². The Bertz CT molecular complexity index is 1290. The van der Waals surface area contributed by atoms with E-state index in [2.05, 4.69) is 43.5 Å². The van der Waals surface area contributed by atoms with Crippen LogP contribution in [-0.2, 0) is 17.8 Å². The fourth-order valence-electron chi connectivity index (χ4n) is 4.41. The Morgan fingerprint density at radius 2 is 2.10 bits per heavy atom. The molecule has 0 fully saturated rings. The van der Waals surface area contributed by atoms with Crippen molar-refractivity contribution in [3.8, 4) is 11.1 Å². The number of carbonyl (C=O) groups is 1. The van der Waals surface area contributed by atoms with E-state index in [1.54, 1.807) is 0 Å². The number of nitrogens with two attached hydrogens (primary N) is 1. The van der Waals surface area contributed by atoms with Crippen LogP contribution in [0.1, 0.15) is 18.5 Å². The molecule has 1 amide bonds. The summed E-state index contributed by atoms with van der Waals surface area (Å²) in [4.78, 5) is 25.3. The molecule has 3 aromatic heterocycles. The first-order valence-electron chi connectivity index (χ1n) is 10.1. The van der Waals surface area contributed by atoms with Gasteiger partial charge in [-0.3, -0.25) is 9.78 Å². The molecule has 4 heterocycles. The van der Waals surface area contributed by atoms with Gasteiger partial charge in [0.2, 0.25) is 5.91 Å². The number of amides is 1. The van der Waals surface area contributed by atoms with Crippen molar-refractivity contribution >= 4 is 33.7 Å². The van der Waals surface area contributed by atoms with Gasteiger partial charge in [-0.15, -0.1) is 0 Å². The number of anilines is 1. The van der Waals surface area contributed by atoms with Crippen molar-refractivity contribution in [2.45, 2.75) is 31.8 Å². The van der Waals surface area contributed by atoms with E-state index in [0.717, 1.165) is 64.6 Å².